The minimum Gasteiger partial charge on any atom is -0.481 e. The molecule has 1 heterocycles. The van der Waals surface area contributed by atoms with Crippen molar-refractivity contribution in [3.8, 4) is 23.1 Å². The predicted molar refractivity (Wildman–Crippen MR) is 130 cm³/mol. The molecule has 1 aliphatic carbocycles. The Morgan fingerprint density at radius 2 is 1.79 bits per heavy atom. The van der Waals surface area contributed by atoms with E-state index < -0.39 is 17.6 Å². The molecule has 8 heteroatoms. The van der Waals surface area contributed by atoms with Gasteiger partial charge in [0.2, 0.25) is 17.7 Å². The Labute approximate surface area is 201 Å². The van der Waals surface area contributed by atoms with Crippen LogP contribution in [0.4, 0.5) is 0 Å². The van der Waals surface area contributed by atoms with Gasteiger partial charge >= 0.3 is 0 Å². The Morgan fingerprint density at radius 3 is 2.29 bits per heavy atom. The Kier molecular flexibility index (Phi) is 8.24. The van der Waals surface area contributed by atoms with Crippen LogP contribution < -0.4 is 20.7 Å². The third-order valence-corrected chi connectivity index (χ3v) is 5.80. The van der Waals surface area contributed by atoms with Crippen molar-refractivity contribution in [3.05, 3.63) is 48.2 Å². The van der Waals surface area contributed by atoms with E-state index in [4.69, 9.17) is 4.74 Å². The number of aromatic nitrogens is 1. The van der Waals surface area contributed by atoms with Crippen LogP contribution in [-0.2, 0) is 9.59 Å². The van der Waals surface area contributed by atoms with Gasteiger partial charge < -0.3 is 15.4 Å². The molecule has 3 N–H and O–H groups in total. The molecular weight excluding hydrogens is 430 g/mol. The fourth-order valence-electron chi connectivity index (χ4n) is 3.72. The average molecular weight is 464 g/mol. The number of nitrogens with zero attached hydrogens (tertiary/aromatic N) is 2. The number of benzene rings is 1. The molecular formula is C26H33N5O3. The van der Waals surface area contributed by atoms with Gasteiger partial charge in [-0.2, -0.15) is 5.26 Å². The van der Waals surface area contributed by atoms with Gasteiger partial charge in [0.25, 0.3) is 0 Å². The molecule has 180 valence electrons. The predicted octanol–water partition coefficient (Wildman–Crippen LogP) is 3.25. The van der Waals surface area contributed by atoms with E-state index >= 15 is 0 Å². The summed E-state index contributed by atoms with van der Waals surface area (Å²) < 4.78 is 5.12. The zero-order chi connectivity index (χ0) is 24.7. The van der Waals surface area contributed by atoms with Crippen molar-refractivity contribution in [1.29, 1.82) is 5.26 Å². The van der Waals surface area contributed by atoms with Crippen LogP contribution in [0.25, 0.3) is 11.1 Å². The van der Waals surface area contributed by atoms with E-state index in [0.29, 0.717) is 25.1 Å². The monoisotopic (exact) mass is 463 g/mol. The van der Waals surface area contributed by atoms with Crippen LogP contribution in [0.15, 0.2) is 42.6 Å². The number of carbonyl (C=O) groups excluding carboxylic acids is 2. The van der Waals surface area contributed by atoms with Crippen molar-refractivity contribution in [2.45, 2.75) is 70.1 Å². The molecule has 34 heavy (non-hydrogen) atoms. The quantitative estimate of drug-likeness (QED) is 0.471. The summed E-state index contributed by atoms with van der Waals surface area (Å²) in [6.07, 6.45) is 4.36. The summed E-state index contributed by atoms with van der Waals surface area (Å²) >= 11 is 0. The molecule has 0 aliphatic heterocycles. The highest BCUT2D eigenvalue weighted by atomic mass is 16.5. The Balaban J connectivity index is 1.83. The molecule has 8 nitrogen and oxygen atoms in total. The van der Waals surface area contributed by atoms with E-state index in [1.807, 2.05) is 51.1 Å². The van der Waals surface area contributed by atoms with Crippen LogP contribution in [0.2, 0.25) is 0 Å². The van der Waals surface area contributed by atoms with Gasteiger partial charge in [-0.25, -0.2) is 4.98 Å². The molecule has 2 atom stereocenters. The number of carbonyl (C=O) groups is 2. The second-order valence-electron chi connectivity index (χ2n) is 9.00. The summed E-state index contributed by atoms with van der Waals surface area (Å²) in [5.41, 5.74) is 1.88. The fourth-order valence-corrected chi connectivity index (χ4v) is 3.72. The van der Waals surface area contributed by atoms with Crippen molar-refractivity contribution < 1.29 is 14.3 Å². The van der Waals surface area contributed by atoms with E-state index in [1.54, 1.807) is 19.4 Å². The molecule has 1 fully saturated rings. The molecule has 0 unspecified atom stereocenters. The van der Waals surface area contributed by atoms with Crippen LogP contribution >= 0.6 is 0 Å². The van der Waals surface area contributed by atoms with Gasteiger partial charge in [0, 0.05) is 23.9 Å². The highest BCUT2D eigenvalue weighted by Crippen LogP contribution is 2.34. The van der Waals surface area contributed by atoms with Crippen LogP contribution in [0.3, 0.4) is 0 Å². The molecule has 0 saturated heterocycles. The van der Waals surface area contributed by atoms with Gasteiger partial charge in [0.15, 0.2) is 0 Å². The molecule has 1 aromatic heterocycles. The van der Waals surface area contributed by atoms with E-state index in [1.165, 1.54) is 0 Å². The third-order valence-electron chi connectivity index (χ3n) is 5.80. The topological polar surface area (TPSA) is 116 Å². The minimum atomic E-state index is -0.755. The second kappa shape index (κ2) is 11.1. The maximum absolute atomic E-state index is 13.1. The standard InChI is InChI=1S/C26H33N5O3/c1-5-6-21(24(32)31-26(16-27)13-14-26)30-23(25(33)29-17(2)3)19-9-7-18(8-10-19)20-11-12-22(34-4)28-15-20/h7-12,15,17,21,23,30H,5-6,13-14H2,1-4H3,(H,29,33)(H,31,32)/t21-,23-/m0/s1. The number of hydrogen-bond donors (Lipinski definition) is 3. The maximum Gasteiger partial charge on any atom is 0.241 e. The average Bonchev–Trinajstić information content (AvgIpc) is 3.61. The van der Waals surface area contributed by atoms with Crippen molar-refractivity contribution in [1.82, 2.24) is 20.9 Å². The number of ether oxygens (including phenoxy) is 1. The summed E-state index contributed by atoms with van der Waals surface area (Å²) in [6, 6.07) is 12.2. The number of amides is 2. The second-order valence-corrected chi connectivity index (χ2v) is 9.00. The maximum atomic E-state index is 13.1. The van der Waals surface area contributed by atoms with Gasteiger partial charge in [0.1, 0.15) is 11.6 Å². The molecule has 0 bridgehead atoms. The number of rotatable bonds is 11. The zero-order valence-corrected chi connectivity index (χ0v) is 20.2. The van der Waals surface area contributed by atoms with E-state index in [-0.39, 0.29) is 17.9 Å². The van der Waals surface area contributed by atoms with Crippen molar-refractivity contribution in [2.24, 2.45) is 0 Å². The number of pyridine rings is 1. The molecule has 2 amide bonds. The minimum absolute atomic E-state index is 0.0479. The van der Waals surface area contributed by atoms with E-state index in [2.05, 4.69) is 27.0 Å². The number of nitrogens with one attached hydrogen (secondary N) is 3. The summed E-state index contributed by atoms with van der Waals surface area (Å²) in [4.78, 5) is 30.3. The third kappa shape index (κ3) is 6.33. The molecule has 3 rings (SSSR count). The van der Waals surface area contributed by atoms with Crippen molar-refractivity contribution in [3.63, 3.8) is 0 Å². The first-order valence-electron chi connectivity index (χ1n) is 11.7. The highest BCUT2D eigenvalue weighted by Gasteiger charge is 2.45. The first-order valence-corrected chi connectivity index (χ1v) is 11.7. The smallest absolute Gasteiger partial charge is 0.241 e. The Morgan fingerprint density at radius 1 is 1.12 bits per heavy atom. The summed E-state index contributed by atoms with van der Waals surface area (Å²) in [6.45, 7) is 5.78. The van der Waals surface area contributed by atoms with Crippen molar-refractivity contribution >= 4 is 11.8 Å². The lowest BCUT2D eigenvalue weighted by atomic mass is 9.99. The number of nitriles is 1. The van der Waals surface area contributed by atoms with Gasteiger partial charge in [-0.15, -0.1) is 0 Å². The Hall–Kier alpha value is -3.44. The fraction of sp³-hybridized carbons (Fsp3) is 0.462. The lowest BCUT2D eigenvalue weighted by Crippen LogP contribution is -2.52. The van der Waals surface area contributed by atoms with Crippen molar-refractivity contribution in [2.75, 3.05) is 7.11 Å². The molecule has 1 saturated carbocycles. The normalized spacial score (nSPS) is 15.6. The highest BCUT2D eigenvalue weighted by molar-refractivity contribution is 5.87. The largest absolute Gasteiger partial charge is 0.481 e. The molecule has 0 radical (unpaired) electrons. The van der Waals surface area contributed by atoms with Crippen LogP contribution in [0.5, 0.6) is 5.88 Å². The molecule has 1 aromatic carbocycles. The SMILES string of the molecule is CCC[C@H](N[C@H](C(=O)NC(C)C)c1ccc(-c2ccc(OC)nc2)cc1)C(=O)NC1(C#N)CC1. The van der Waals surface area contributed by atoms with Crippen LogP contribution in [-0.4, -0.2) is 41.5 Å². The van der Waals surface area contributed by atoms with Gasteiger partial charge in [-0.05, 0) is 50.3 Å². The molecule has 1 aliphatic rings. The lowest BCUT2D eigenvalue weighted by Gasteiger charge is -2.26. The van der Waals surface area contributed by atoms with E-state index in [9.17, 15) is 14.9 Å². The van der Waals surface area contributed by atoms with Crippen LogP contribution in [0.1, 0.15) is 58.1 Å². The first-order chi connectivity index (χ1) is 16.3. The number of hydrogen-bond acceptors (Lipinski definition) is 6. The summed E-state index contributed by atoms with van der Waals surface area (Å²) in [5.74, 6) is 0.0907. The first kappa shape index (κ1) is 25.2. The molecule has 0 spiro atoms. The zero-order valence-electron chi connectivity index (χ0n) is 20.2. The Bertz CT molecular complexity index is 1020. The van der Waals surface area contributed by atoms with E-state index in [0.717, 1.165) is 23.1 Å². The summed E-state index contributed by atoms with van der Waals surface area (Å²) in [7, 11) is 1.57. The van der Waals surface area contributed by atoms with Gasteiger partial charge in [-0.1, -0.05) is 37.6 Å². The van der Waals surface area contributed by atoms with Gasteiger partial charge in [-0.3, -0.25) is 14.9 Å². The van der Waals surface area contributed by atoms with Gasteiger partial charge in [0.05, 0.1) is 19.2 Å². The summed E-state index contributed by atoms with van der Waals surface area (Å²) in [5, 5.41) is 18.4. The number of methoxy groups -OCH3 is 1. The molecule has 2 aromatic rings. The lowest BCUT2D eigenvalue weighted by molar-refractivity contribution is -0.126. The van der Waals surface area contributed by atoms with Crippen LogP contribution in [0, 0.1) is 11.3 Å².